The largest absolute Gasteiger partial charge is 0.434 e. The molecular weight excluding hydrogens is 350 g/mol. The number of halogens is 2. The number of thioether (sulfide) groups is 1. The van der Waals surface area contributed by atoms with E-state index in [-0.39, 0.29) is 22.7 Å². The molecule has 1 saturated heterocycles. The van der Waals surface area contributed by atoms with E-state index in [1.807, 2.05) is 0 Å². The average molecular weight is 368 g/mol. The van der Waals surface area contributed by atoms with E-state index in [0.717, 1.165) is 23.6 Å². The first-order chi connectivity index (χ1) is 11.9. The van der Waals surface area contributed by atoms with Gasteiger partial charge in [-0.1, -0.05) is 0 Å². The lowest BCUT2D eigenvalue weighted by atomic mass is 10.0. The Hall–Kier alpha value is -2.09. The molecule has 2 aliphatic rings. The number of carbonyl (C=O) groups excluding carboxylic acids is 2. The fraction of sp³-hybridized carbons (Fsp3) is 0.412. The Morgan fingerprint density at radius 3 is 2.44 bits per heavy atom. The number of nitrogens with zero attached hydrogens (tertiary/aromatic N) is 1. The van der Waals surface area contributed by atoms with Gasteiger partial charge < -0.3 is 15.0 Å². The summed E-state index contributed by atoms with van der Waals surface area (Å²) in [6, 6.07) is 2.30. The van der Waals surface area contributed by atoms with Crippen molar-refractivity contribution in [2.75, 3.05) is 29.5 Å². The summed E-state index contributed by atoms with van der Waals surface area (Å²) < 4.78 is 34.2. The SMILES string of the molecule is CC(=O)N[C@@H]1OC(=O)C(c2cc(F)c(N3CCSCC3)c(F)c2)=C1C. The molecule has 5 nitrogen and oxygen atoms in total. The smallest absolute Gasteiger partial charge is 0.341 e. The van der Waals surface area contributed by atoms with E-state index in [9.17, 15) is 18.4 Å². The number of esters is 1. The molecule has 0 unspecified atom stereocenters. The third kappa shape index (κ3) is 3.49. The van der Waals surface area contributed by atoms with Gasteiger partial charge in [-0.25, -0.2) is 13.6 Å². The Morgan fingerprint density at radius 2 is 1.88 bits per heavy atom. The van der Waals surface area contributed by atoms with Gasteiger partial charge in [-0.05, 0) is 24.6 Å². The molecule has 1 N–H and O–H groups in total. The number of amides is 1. The Labute approximate surface area is 148 Å². The maximum Gasteiger partial charge on any atom is 0.341 e. The predicted molar refractivity (Wildman–Crippen MR) is 92.2 cm³/mol. The summed E-state index contributed by atoms with van der Waals surface area (Å²) in [5, 5.41) is 2.48. The van der Waals surface area contributed by atoms with E-state index in [1.54, 1.807) is 23.6 Å². The number of anilines is 1. The van der Waals surface area contributed by atoms with Crippen molar-refractivity contribution in [2.24, 2.45) is 0 Å². The lowest BCUT2D eigenvalue weighted by Gasteiger charge is -2.29. The van der Waals surface area contributed by atoms with Crippen molar-refractivity contribution in [3.63, 3.8) is 0 Å². The summed E-state index contributed by atoms with van der Waals surface area (Å²) in [6.45, 7) is 4.04. The summed E-state index contributed by atoms with van der Waals surface area (Å²) in [4.78, 5) is 24.9. The molecule has 25 heavy (non-hydrogen) atoms. The van der Waals surface area contributed by atoms with Crippen LogP contribution in [-0.4, -0.2) is 42.7 Å². The Morgan fingerprint density at radius 1 is 1.28 bits per heavy atom. The molecule has 1 aromatic rings. The number of rotatable bonds is 3. The fourth-order valence-corrected chi connectivity index (χ4v) is 3.92. The Bertz CT molecular complexity index is 737. The van der Waals surface area contributed by atoms with Crippen molar-refractivity contribution >= 4 is 34.9 Å². The van der Waals surface area contributed by atoms with Crippen molar-refractivity contribution in [2.45, 2.75) is 20.1 Å². The van der Waals surface area contributed by atoms with E-state index >= 15 is 0 Å². The molecule has 0 bridgehead atoms. The monoisotopic (exact) mass is 368 g/mol. The Kier molecular flexibility index (Phi) is 4.99. The van der Waals surface area contributed by atoms with E-state index in [1.165, 1.54) is 6.92 Å². The van der Waals surface area contributed by atoms with Gasteiger partial charge in [-0.2, -0.15) is 11.8 Å². The molecular formula is C17H18F2N2O3S. The number of carbonyl (C=O) groups is 2. The van der Waals surface area contributed by atoms with Gasteiger partial charge >= 0.3 is 5.97 Å². The minimum Gasteiger partial charge on any atom is -0.434 e. The van der Waals surface area contributed by atoms with Gasteiger partial charge in [0.1, 0.15) is 17.3 Å². The number of hydrogen-bond acceptors (Lipinski definition) is 5. The zero-order valence-electron chi connectivity index (χ0n) is 13.9. The van der Waals surface area contributed by atoms with E-state index < -0.39 is 23.8 Å². The highest BCUT2D eigenvalue weighted by molar-refractivity contribution is 7.99. The van der Waals surface area contributed by atoms with Crippen molar-refractivity contribution < 1.29 is 23.1 Å². The molecule has 0 radical (unpaired) electrons. The van der Waals surface area contributed by atoms with Crippen molar-refractivity contribution in [1.29, 1.82) is 0 Å². The zero-order chi connectivity index (χ0) is 18.1. The van der Waals surface area contributed by atoms with Gasteiger partial charge in [0.05, 0.1) is 5.57 Å². The fourth-order valence-electron chi connectivity index (χ4n) is 3.01. The molecule has 134 valence electrons. The molecule has 3 rings (SSSR count). The molecule has 1 amide bonds. The highest BCUT2D eigenvalue weighted by Crippen LogP contribution is 2.34. The second-order valence-corrected chi connectivity index (χ2v) is 7.16. The molecule has 1 aromatic carbocycles. The van der Waals surface area contributed by atoms with E-state index in [4.69, 9.17) is 4.74 Å². The second-order valence-electron chi connectivity index (χ2n) is 5.93. The van der Waals surface area contributed by atoms with Gasteiger partial charge in [0.2, 0.25) is 5.91 Å². The molecule has 2 heterocycles. The predicted octanol–water partition coefficient (Wildman–Crippen LogP) is 2.31. The first-order valence-electron chi connectivity index (χ1n) is 7.89. The van der Waals surface area contributed by atoms with Crippen LogP contribution in [0.4, 0.5) is 14.5 Å². The van der Waals surface area contributed by atoms with Crippen LogP contribution < -0.4 is 10.2 Å². The van der Waals surface area contributed by atoms with Crippen LogP contribution in [0.25, 0.3) is 5.57 Å². The summed E-state index contributed by atoms with van der Waals surface area (Å²) in [5.41, 5.74) is 0.547. The lowest BCUT2D eigenvalue weighted by Crippen LogP contribution is -2.34. The maximum atomic E-state index is 14.6. The standard InChI is InChI=1S/C17H18F2N2O3S/c1-9-14(17(23)24-16(9)20-10(2)22)11-7-12(18)15(13(19)8-11)21-3-5-25-6-4-21/h7-8,16H,3-6H2,1-2H3,(H,20,22)/t16-/m1/s1. The third-order valence-electron chi connectivity index (χ3n) is 4.18. The van der Waals surface area contributed by atoms with Crippen molar-refractivity contribution in [3.8, 4) is 0 Å². The van der Waals surface area contributed by atoms with Crippen LogP contribution in [0.5, 0.6) is 0 Å². The summed E-state index contributed by atoms with van der Waals surface area (Å²) in [5.74, 6) is -0.868. The van der Waals surface area contributed by atoms with Crippen LogP contribution in [0.3, 0.4) is 0 Å². The van der Waals surface area contributed by atoms with Crippen LogP contribution in [-0.2, 0) is 14.3 Å². The molecule has 1 fully saturated rings. The molecule has 0 aromatic heterocycles. The lowest BCUT2D eigenvalue weighted by molar-refractivity contribution is -0.140. The van der Waals surface area contributed by atoms with Crippen molar-refractivity contribution in [3.05, 3.63) is 34.9 Å². The summed E-state index contributed by atoms with van der Waals surface area (Å²) >= 11 is 1.74. The quantitative estimate of drug-likeness (QED) is 0.830. The number of nitrogens with one attached hydrogen (secondary N) is 1. The van der Waals surface area contributed by atoms with Gasteiger partial charge in [-0.3, -0.25) is 4.79 Å². The van der Waals surface area contributed by atoms with E-state index in [0.29, 0.717) is 18.7 Å². The van der Waals surface area contributed by atoms with Gasteiger partial charge in [0.15, 0.2) is 6.23 Å². The first kappa shape index (κ1) is 17.7. The maximum absolute atomic E-state index is 14.6. The molecule has 1 atom stereocenters. The third-order valence-corrected chi connectivity index (χ3v) is 5.13. The van der Waals surface area contributed by atoms with Crippen LogP contribution in [0.2, 0.25) is 0 Å². The van der Waals surface area contributed by atoms with Gasteiger partial charge in [0.25, 0.3) is 0 Å². The van der Waals surface area contributed by atoms with Gasteiger partial charge in [-0.15, -0.1) is 0 Å². The van der Waals surface area contributed by atoms with Crippen LogP contribution in [0.15, 0.2) is 17.7 Å². The normalized spacial score (nSPS) is 20.7. The Balaban J connectivity index is 1.96. The highest BCUT2D eigenvalue weighted by atomic mass is 32.2. The van der Waals surface area contributed by atoms with E-state index in [2.05, 4.69) is 5.32 Å². The van der Waals surface area contributed by atoms with Crippen LogP contribution in [0, 0.1) is 11.6 Å². The topological polar surface area (TPSA) is 58.6 Å². The molecule has 0 saturated carbocycles. The molecule has 2 aliphatic heterocycles. The molecule has 0 aliphatic carbocycles. The number of benzene rings is 1. The average Bonchev–Trinajstić information content (AvgIpc) is 2.81. The molecule has 8 heteroatoms. The summed E-state index contributed by atoms with van der Waals surface area (Å²) in [6.07, 6.45) is -0.912. The zero-order valence-corrected chi connectivity index (χ0v) is 14.7. The van der Waals surface area contributed by atoms with Crippen LogP contribution in [0.1, 0.15) is 19.4 Å². The molecule has 0 spiro atoms. The number of cyclic esters (lactones) is 1. The second kappa shape index (κ2) is 7.03. The number of hydrogen-bond donors (Lipinski definition) is 1. The minimum atomic E-state index is -0.912. The first-order valence-corrected chi connectivity index (χ1v) is 9.05. The minimum absolute atomic E-state index is 0.0629. The summed E-state index contributed by atoms with van der Waals surface area (Å²) in [7, 11) is 0. The van der Waals surface area contributed by atoms with Crippen molar-refractivity contribution in [1.82, 2.24) is 5.32 Å². The van der Waals surface area contributed by atoms with Crippen LogP contribution >= 0.6 is 11.8 Å². The van der Waals surface area contributed by atoms with Gasteiger partial charge in [0, 0.05) is 37.1 Å². The number of ether oxygens (including phenoxy) is 1. The highest BCUT2D eigenvalue weighted by Gasteiger charge is 2.34.